The van der Waals surface area contributed by atoms with Gasteiger partial charge in [-0.05, 0) is 42.8 Å². The second-order valence-electron chi connectivity index (χ2n) is 6.51. The van der Waals surface area contributed by atoms with Gasteiger partial charge in [-0.2, -0.15) is 4.31 Å². The number of nitrogens with one attached hydrogen (secondary N) is 2. The number of carbonyl (C=O) groups is 2. The molecule has 0 unspecified atom stereocenters. The predicted molar refractivity (Wildman–Crippen MR) is 115 cm³/mol. The molecule has 2 rings (SSSR count). The van der Waals surface area contributed by atoms with E-state index < -0.39 is 15.9 Å². The minimum absolute atomic E-state index is 0.146. The fourth-order valence-electron chi connectivity index (χ4n) is 2.85. The molecule has 2 aromatic carbocycles. The summed E-state index contributed by atoms with van der Waals surface area (Å²) < 4.78 is 27.1. The average Bonchev–Trinajstić information content (AvgIpc) is 2.70. The molecule has 0 atom stereocenters. The highest BCUT2D eigenvalue weighted by Crippen LogP contribution is 2.24. The molecule has 0 aliphatic carbocycles. The lowest BCUT2D eigenvalue weighted by Crippen LogP contribution is -2.31. The topological polar surface area (TPSA) is 95.6 Å². The first-order valence-electron chi connectivity index (χ1n) is 9.55. The van der Waals surface area contributed by atoms with Crippen molar-refractivity contribution in [2.75, 3.05) is 23.7 Å². The van der Waals surface area contributed by atoms with Crippen LogP contribution in [0.1, 0.15) is 43.1 Å². The van der Waals surface area contributed by atoms with Gasteiger partial charge in [0, 0.05) is 36.4 Å². The normalized spacial score (nSPS) is 11.3. The second kappa shape index (κ2) is 9.67. The fraction of sp³-hybridized carbons (Fsp3) is 0.333. The van der Waals surface area contributed by atoms with Gasteiger partial charge in [0.15, 0.2) is 0 Å². The molecule has 0 aliphatic rings. The van der Waals surface area contributed by atoms with Crippen molar-refractivity contribution in [2.45, 2.75) is 39.0 Å². The number of rotatable bonds is 8. The Hall–Kier alpha value is -2.71. The highest BCUT2D eigenvalue weighted by molar-refractivity contribution is 7.89. The van der Waals surface area contributed by atoms with Gasteiger partial charge >= 0.3 is 0 Å². The third-order valence-corrected chi connectivity index (χ3v) is 6.69. The first kappa shape index (κ1) is 22.6. The van der Waals surface area contributed by atoms with E-state index in [1.54, 1.807) is 64.1 Å². The Bertz CT molecular complexity index is 999. The fourth-order valence-corrected chi connectivity index (χ4v) is 4.56. The van der Waals surface area contributed by atoms with E-state index >= 15 is 0 Å². The van der Waals surface area contributed by atoms with E-state index in [0.29, 0.717) is 42.0 Å². The molecule has 2 N–H and O–H groups in total. The van der Waals surface area contributed by atoms with Crippen molar-refractivity contribution >= 4 is 33.2 Å². The van der Waals surface area contributed by atoms with Crippen LogP contribution in [0.25, 0.3) is 0 Å². The van der Waals surface area contributed by atoms with E-state index in [4.69, 9.17) is 0 Å². The largest absolute Gasteiger partial charge is 0.326 e. The molecule has 29 heavy (non-hydrogen) atoms. The molecule has 0 fully saturated rings. The molecule has 7 nitrogen and oxygen atoms in total. The lowest BCUT2D eigenvalue weighted by atomic mass is 10.1. The number of sulfonamides is 1. The number of hydrogen-bond acceptors (Lipinski definition) is 4. The van der Waals surface area contributed by atoms with Crippen LogP contribution in [-0.4, -0.2) is 37.6 Å². The van der Waals surface area contributed by atoms with Gasteiger partial charge in [0.1, 0.15) is 0 Å². The van der Waals surface area contributed by atoms with Crippen LogP contribution in [0.3, 0.4) is 0 Å². The van der Waals surface area contributed by atoms with Crippen LogP contribution in [-0.2, 0) is 14.8 Å². The number of hydrogen-bond donors (Lipinski definition) is 2. The average molecular weight is 418 g/mol. The second-order valence-corrected chi connectivity index (χ2v) is 8.41. The van der Waals surface area contributed by atoms with Crippen LogP contribution < -0.4 is 10.6 Å². The van der Waals surface area contributed by atoms with E-state index in [9.17, 15) is 18.0 Å². The molecule has 0 spiro atoms. The van der Waals surface area contributed by atoms with Gasteiger partial charge in [0.2, 0.25) is 15.9 Å². The maximum Gasteiger partial charge on any atom is 0.255 e. The van der Waals surface area contributed by atoms with Crippen LogP contribution in [0.15, 0.2) is 47.4 Å². The van der Waals surface area contributed by atoms with Gasteiger partial charge < -0.3 is 10.6 Å². The number of amides is 2. The van der Waals surface area contributed by atoms with Crippen molar-refractivity contribution in [3.05, 3.63) is 53.6 Å². The molecule has 8 heteroatoms. The first-order valence-corrected chi connectivity index (χ1v) is 11.0. The van der Waals surface area contributed by atoms with Crippen LogP contribution in [0.2, 0.25) is 0 Å². The molecule has 0 radical (unpaired) electrons. The van der Waals surface area contributed by atoms with Crippen LogP contribution in [0.4, 0.5) is 11.4 Å². The van der Waals surface area contributed by atoms with Crippen molar-refractivity contribution < 1.29 is 18.0 Å². The first-order chi connectivity index (χ1) is 13.7. The Kier molecular flexibility index (Phi) is 7.53. The Balaban J connectivity index is 2.28. The maximum absolute atomic E-state index is 12.9. The summed E-state index contributed by atoms with van der Waals surface area (Å²) in [5.74, 6) is -0.542. The third kappa shape index (κ3) is 5.42. The maximum atomic E-state index is 12.9. The highest BCUT2D eigenvalue weighted by Gasteiger charge is 2.24. The quantitative estimate of drug-likeness (QED) is 0.686. The summed E-state index contributed by atoms with van der Waals surface area (Å²) in [4.78, 5) is 24.3. The summed E-state index contributed by atoms with van der Waals surface area (Å²) in [7, 11) is -3.64. The summed E-state index contributed by atoms with van der Waals surface area (Å²) in [6.45, 7) is 7.77. The summed E-state index contributed by atoms with van der Waals surface area (Å²) in [6.07, 6.45) is 0.337. The van der Waals surface area contributed by atoms with Gasteiger partial charge in [-0.3, -0.25) is 9.59 Å². The van der Waals surface area contributed by atoms with E-state index in [2.05, 4.69) is 10.6 Å². The standard InChI is InChI=1S/C21H27N3O4S/c1-5-20(25)22-17-10-8-9-16(13-17)21(26)23-18-12-11-15(4)19(14-18)29(27,28)24(6-2)7-3/h8-14H,5-7H2,1-4H3,(H,22,25)(H,23,26). The summed E-state index contributed by atoms with van der Waals surface area (Å²) in [5.41, 5.74) is 1.87. The van der Waals surface area contributed by atoms with Crippen molar-refractivity contribution in [3.8, 4) is 0 Å². The number of nitrogens with zero attached hydrogens (tertiary/aromatic N) is 1. The van der Waals surface area contributed by atoms with Gasteiger partial charge in [0.05, 0.1) is 4.90 Å². The van der Waals surface area contributed by atoms with Crippen LogP contribution in [0.5, 0.6) is 0 Å². The van der Waals surface area contributed by atoms with Crippen molar-refractivity contribution in [1.82, 2.24) is 4.31 Å². The summed E-state index contributed by atoms with van der Waals surface area (Å²) in [6, 6.07) is 11.4. The Morgan fingerprint density at radius 1 is 0.931 bits per heavy atom. The zero-order valence-corrected chi connectivity index (χ0v) is 18.0. The van der Waals surface area contributed by atoms with Gasteiger partial charge in [-0.1, -0.05) is 32.9 Å². The molecule has 0 aromatic heterocycles. The Labute approximate surface area is 172 Å². The molecule has 156 valence electrons. The van der Waals surface area contributed by atoms with E-state index in [1.165, 1.54) is 10.4 Å². The van der Waals surface area contributed by atoms with E-state index in [-0.39, 0.29) is 10.8 Å². The lowest BCUT2D eigenvalue weighted by molar-refractivity contribution is -0.115. The minimum atomic E-state index is -3.64. The zero-order chi connectivity index (χ0) is 21.6. The Morgan fingerprint density at radius 3 is 2.21 bits per heavy atom. The molecular formula is C21H27N3O4S. The van der Waals surface area contributed by atoms with Crippen LogP contribution in [0, 0.1) is 6.92 Å². The number of anilines is 2. The number of benzene rings is 2. The van der Waals surface area contributed by atoms with Gasteiger partial charge in [0.25, 0.3) is 5.91 Å². The van der Waals surface area contributed by atoms with Crippen LogP contribution >= 0.6 is 0 Å². The number of aryl methyl sites for hydroxylation is 1. The third-order valence-electron chi connectivity index (χ3n) is 4.50. The number of carbonyl (C=O) groups excluding carboxylic acids is 2. The molecule has 0 bridgehead atoms. The van der Waals surface area contributed by atoms with E-state index in [0.717, 1.165) is 0 Å². The predicted octanol–water partition coefficient (Wildman–Crippen LogP) is 3.63. The molecule has 0 saturated carbocycles. The lowest BCUT2D eigenvalue weighted by Gasteiger charge is -2.20. The van der Waals surface area contributed by atoms with Crippen molar-refractivity contribution in [2.24, 2.45) is 0 Å². The van der Waals surface area contributed by atoms with Gasteiger partial charge in [-0.25, -0.2) is 8.42 Å². The molecule has 0 heterocycles. The van der Waals surface area contributed by atoms with Crippen molar-refractivity contribution in [3.63, 3.8) is 0 Å². The SMILES string of the molecule is CCC(=O)Nc1cccc(C(=O)Nc2ccc(C)c(S(=O)(=O)N(CC)CC)c2)c1. The zero-order valence-electron chi connectivity index (χ0n) is 17.2. The Morgan fingerprint density at radius 2 is 1.59 bits per heavy atom. The summed E-state index contributed by atoms with van der Waals surface area (Å²) >= 11 is 0. The smallest absolute Gasteiger partial charge is 0.255 e. The molecule has 2 aromatic rings. The molecule has 2 amide bonds. The van der Waals surface area contributed by atoms with E-state index in [1.807, 2.05) is 0 Å². The molecular weight excluding hydrogens is 390 g/mol. The minimum Gasteiger partial charge on any atom is -0.326 e. The monoisotopic (exact) mass is 417 g/mol. The molecule has 0 saturated heterocycles. The highest BCUT2D eigenvalue weighted by atomic mass is 32.2. The van der Waals surface area contributed by atoms with Crippen molar-refractivity contribution in [1.29, 1.82) is 0 Å². The summed E-state index contributed by atoms with van der Waals surface area (Å²) in [5, 5.41) is 5.44. The molecule has 0 aliphatic heterocycles. The van der Waals surface area contributed by atoms with Gasteiger partial charge in [-0.15, -0.1) is 0 Å².